The van der Waals surface area contributed by atoms with Crippen LogP contribution >= 0.6 is 0 Å². The lowest BCUT2D eigenvalue weighted by Crippen LogP contribution is -2.04. The standard InChI is InChI=1S/C13H20O2/c1-4-13(14)11-5-7-12(8-6-11)15-9-10(2)3/h5-8,10,13-14H,4,9H2,1-3H3. The molecule has 84 valence electrons. The minimum Gasteiger partial charge on any atom is -0.493 e. The van der Waals surface area contributed by atoms with E-state index in [1.54, 1.807) is 0 Å². The Morgan fingerprint density at radius 3 is 2.27 bits per heavy atom. The van der Waals surface area contributed by atoms with Gasteiger partial charge in [-0.1, -0.05) is 32.9 Å². The van der Waals surface area contributed by atoms with Gasteiger partial charge in [-0.2, -0.15) is 0 Å². The first-order valence-electron chi connectivity index (χ1n) is 5.54. The zero-order valence-electron chi connectivity index (χ0n) is 9.73. The number of benzene rings is 1. The summed E-state index contributed by atoms with van der Waals surface area (Å²) in [6, 6.07) is 7.67. The fourth-order valence-corrected chi connectivity index (χ4v) is 1.28. The molecule has 1 atom stereocenters. The predicted octanol–water partition coefficient (Wildman–Crippen LogP) is 3.16. The van der Waals surface area contributed by atoms with Gasteiger partial charge >= 0.3 is 0 Å². The maximum absolute atomic E-state index is 9.60. The summed E-state index contributed by atoms with van der Waals surface area (Å²) < 4.78 is 5.55. The van der Waals surface area contributed by atoms with Crippen molar-refractivity contribution in [1.82, 2.24) is 0 Å². The second-order valence-electron chi connectivity index (χ2n) is 4.20. The van der Waals surface area contributed by atoms with Crippen molar-refractivity contribution >= 4 is 0 Å². The maximum atomic E-state index is 9.60. The van der Waals surface area contributed by atoms with Crippen molar-refractivity contribution in [1.29, 1.82) is 0 Å². The first-order valence-corrected chi connectivity index (χ1v) is 5.54. The lowest BCUT2D eigenvalue weighted by molar-refractivity contribution is 0.173. The molecular formula is C13H20O2. The maximum Gasteiger partial charge on any atom is 0.119 e. The van der Waals surface area contributed by atoms with Crippen molar-refractivity contribution in [3.63, 3.8) is 0 Å². The first-order chi connectivity index (χ1) is 7.13. The minimum atomic E-state index is -0.357. The molecule has 0 fully saturated rings. The molecule has 0 heterocycles. The molecule has 0 saturated carbocycles. The first kappa shape index (κ1) is 12.1. The largest absolute Gasteiger partial charge is 0.493 e. The van der Waals surface area contributed by atoms with E-state index in [1.807, 2.05) is 31.2 Å². The minimum absolute atomic E-state index is 0.357. The molecule has 1 aromatic rings. The van der Waals surface area contributed by atoms with Crippen LogP contribution in [-0.4, -0.2) is 11.7 Å². The number of aliphatic hydroxyl groups is 1. The van der Waals surface area contributed by atoms with E-state index in [0.29, 0.717) is 5.92 Å². The Bertz CT molecular complexity index is 277. The summed E-state index contributed by atoms with van der Waals surface area (Å²) in [6.45, 7) is 6.94. The molecule has 15 heavy (non-hydrogen) atoms. The zero-order valence-corrected chi connectivity index (χ0v) is 9.73. The third kappa shape index (κ3) is 3.92. The van der Waals surface area contributed by atoms with Crippen LogP contribution < -0.4 is 4.74 Å². The van der Waals surface area contributed by atoms with Gasteiger partial charge in [0.25, 0.3) is 0 Å². The van der Waals surface area contributed by atoms with Crippen molar-refractivity contribution in [3.05, 3.63) is 29.8 Å². The van der Waals surface area contributed by atoms with Crippen molar-refractivity contribution in [2.45, 2.75) is 33.3 Å². The molecule has 1 unspecified atom stereocenters. The summed E-state index contributed by atoms with van der Waals surface area (Å²) in [7, 11) is 0. The van der Waals surface area contributed by atoms with Crippen molar-refractivity contribution in [3.8, 4) is 5.75 Å². The lowest BCUT2D eigenvalue weighted by atomic mass is 10.1. The van der Waals surface area contributed by atoms with Crippen LogP contribution in [0.25, 0.3) is 0 Å². The number of aliphatic hydroxyl groups excluding tert-OH is 1. The highest BCUT2D eigenvalue weighted by Crippen LogP contribution is 2.20. The van der Waals surface area contributed by atoms with Gasteiger partial charge in [-0.15, -0.1) is 0 Å². The van der Waals surface area contributed by atoms with Crippen LogP contribution in [0.5, 0.6) is 5.75 Å². The lowest BCUT2D eigenvalue weighted by Gasteiger charge is -2.11. The van der Waals surface area contributed by atoms with E-state index in [2.05, 4.69) is 13.8 Å². The van der Waals surface area contributed by atoms with Crippen LogP contribution in [-0.2, 0) is 0 Å². The van der Waals surface area contributed by atoms with Gasteiger partial charge < -0.3 is 9.84 Å². The van der Waals surface area contributed by atoms with Gasteiger partial charge in [0.1, 0.15) is 5.75 Å². The van der Waals surface area contributed by atoms with E-state index in [-0.39, 0.29) is 6.10 Å². The van der Waals surface area contributed by atoms with Gasteiger partial charge in [-0.05, 0) is 30.0 Å². The molecule has 1 rings (SSSR count). The van der Waals surface area contributed by atoms with Gasteiger partial charge in [-0.25, -0.2) is 0 Å². The molecular weight excluding hydrogens is 188 g/mol. The Morgan fingerprint density at radius 2 is 1.80 bits per heavy atom. The molecule has 0 saturated heterocycles. The Morgan fingerprint density at radius 1 is 1.20 bits per heavy atom. The van der Waals surface area contributed by atoms with Gasteiger partial charge in [0, 0.05) is 0 Å². The normalized spacial score (nSPS) is 12.9. The molecule has 1 aromatic carbocycles. The van der Waals surface area contributed by atoms with Crippen LogP contribution in [0, 0.1) is 5.92 Å². The molecule has 0 aromatic heterocycles. The Kier molecular flexibility index (Phi) is 4.63. The Balaban J connectivity index is 2.56. The van der Waals surface area contributed by atoms with E-state index >= 15 is 0 Å². The average Bonchev–Trinajstić information content (AvgIpc) is 2.26. The summed E-state index contributed by atoms with van der Waals surface area (Å²) in [5, 5.41) is 9.60. The van der Waals surface area contributed by atoms with Crippen LogP contribution in [0.15, 0.2) is 24.3 Å². The highest BCUT2D eigenvalue weighted by Gasteiger charge is 2.04. The summed E-state index contributed by atoms with van der Waals surface area (Å²) in [5.74, 6) is 1.40. The number of hydrogen-bond donors (Lipinski definition) is 1. The predicted molar refractivity (Wildman–Crippen MR) is 62.0 cm³/mol. The molecule has 0 aliphatic rings. The quantitative estimate of drug-likeness (QED) is 0.805. The van der Waals surface area contributed by atoms with Gasteiger partial charge in [0.15, 0.2) is 0 Å². The summed E-state index contributed by atoms with van der Waals surface area (Å²) >= 11 is 0. The number of ether oxygens (including phenoxy) is 1. The third-order valence-corrected chi connectivity index (χ3v) is 2.23. The van der Waals surface area contributed by atoms with Gasteiger partial charge in [0.05, 0.1) is 12.7 Å². The molecule has 2 nitrogen and oxygen atoms in total. The molecule has 0 spiro atoms. The summed E-state index contributed by atoms with van der Waals surface area (Å²) in [5.41, 5.74) is 0.953. The molecule has 2 heteroatoms. The fraction of sp³-hybridized carbons (Fsp3) is 0.538. The molecule has 0 amide bonds. The van der Waals surface area contributed by atoms with E-state index < -0.39 is 0 Å². The third-order valence-electron chi connectivity index (χ3n) is 2.23. The van der Waals surface area contributed by atoms with Crippen LogP contribution in [0.3, 0.4) is 0 Å². The molecule has 0 aliphatic carbocycles. The monoisotopic (exact) mass is 208 g/mol. The summed E-state index contributed by atoms with van der Waals surface area (Å²) in [6.07, 6.45) is 0.385. The summed E-state index contributed by atoms with van der Waals surface area (Å²) in [4.78, 5) is 0. The average molecular weight is 208 g/mol. The van der Waals surface area contributed by atoms with Gasteiger partial charge in [0.2, 0.25) is 0 Å². The topological polar surface area (TPSA) is 29.5 Å². The van der Waals surface area contributed by atoms with Crippen LogP contribution in [0.4, 0.5) is 0 Å². The SMILES string of the molecule is CCC(O)c1ccc(OCC(C)C)cc1. The van der Waals surface area contributed by atoms with Crippen LogP contribution in [0.1, 0.15) is 38.9 Å². The molecule has 0 aliphatic heterocycles. The molecule has 1 N–H and O–H groups in total. The Hall–Kier alpha value is -1.02. The highest BCUT2D eigenvalue weighted by molar-refractivity contribution is 5.28. The van der Waals surface area contributed by atoms with E-state index in [1.165, 1.54) is 0 Å². The van der Waals surface area contributed by atoms with Crippen LogP contribution in [0.2, 0.25) is 0 Å². The number of hydrogen-bond acceptors (Lipinski definition) is 2. The Labute approximate surface area is 91.9 Å². The second-order valence-corrected chi connectivity index (χ2v) is 4.20. The van der Waals surface area contributed by atoms with Gasteiger partial charge in [-0.3, -0.25) is 0 Å². The molecule has 0 bridgehead atoms. The van der Waals surface area contributed by atoms with E-state index in [9.17, 15) is 5.11 Å². The molecule has 0 radical (unpaired) electrons. The smallest absolute Gasteiger partial charge is 0.119 e. The van der Waals surface area contributed by atoms with Crippen molar-refractivity contribution < 1.29 is 9.84 Å². The fourth-order valence-electron chi connectivity index (χ4n) is 1.28. The van der Waals surface area contributed by atoms with Crippen molar-refractivity contribution in [2.75, 3.05) is 6.61 Å². The van der Waals surface area contributed by atoms with Crippen molar-refractivity contribution in [2.24, 2.45) is 5.92 Å². The zero-order chi connectivity index (χ0) is 11.3. The van der Waals surface area contributed by atoms with E-state index in [0.717, 1.165) is 24.3 Å². The number of rotatable bonds is 5. The van der Waals surface area contributed by atoms with E-state index in [4.69, 9.17) is 4.74 Å². The highest BCUT2D eigenvalue weighted by atomic mass is 16.5. The second kappa shape index (κ2) is 5.76.